The number of hydrogen-bond donors (Lipinski definition) is 0. The van der Waals surface area contributed by atoms with Crippen molar-refractivity contribution in [3.8, 4) is 0 Å². The molecule has 15 heavy (non-hydrogen) atoms. The standard InChI is InChI=1S/C13H15OS/c1-15(2,14)13-11-7-3-4-8-12(13)10-6-5-9-11/h3-10,13H,1-2H3/q+1/i1D3,2D3. The van der Waals surface area contributed by atoms with E-state index < -0.39 is 27.6 Å². The Morgan fingerprint density at radius 2 is 1.60 bits per heavy atom. The van der Waals surface area contributed by atoms with Crippen molar-refractivity contribution >= 4 is 9.93 Å². The van der Waals surface area contributed by atoms with Crippen molar-refractivity contribution in [2.75, 3.05) is 12.4 Å². The van der Waals surface area contributed by atoms with E-state index in [0.29, 0.717) is 11.1 Å². The number of allylic oxidation sites excluding steroid dienone is 8. The molecule has 0 fully saturated rings. The first kappa shape index (κ1) is 5.26. The van der Waals surface area contributed by atoms with E-state index in [1.165, 1.54) is 0 Å². The van der Waals surface area contributed by atoms with Crippen LogP contribution in [0.2, 0.25) is 0 Å². The highest BCUT2D eigenvalue weighted by Gasteiger charge is 2.34. The Balaban J connectivity index is 2.75. The van der Waals surface area contributed by atoms with Gasteiger partial charge in [0.2, 0.25) is 0 Å². The molecule has 0 atom stereocenters. The molecular formula is C13H15OS+. The summed E-state index contributed by atoms with van der Waals surface area (Å²) in [5.41, 5.74) is 0.856. The smallest absolute Gasteiger partial charge is 0.105 e. The van der Waals surface area contributed by atoms with Gasteiger partial charge in [0.15, 0.2) is 5.25 Å². The van der Waals surface area contributed by atoms with Crippen LogP contribution in [0.1, 0.15) is 8.22 Å². The summed E-state index contributed by atoms with van der Waals surface area (Å²) >= 11 is 0. The van der Waals surface area contributed by atoms with Crippen LogP contribution in [0.4, 0.5) is 0 Å². The largest absolute Gasteiger partial charge is 0.171 e. The molecule has 0 aromatic heterocycles. The van der Waals surface area contributed by atoms with Crippen LogP contribution < -0.4 is 0 Å². The molecule has 0 radical (unpaired) electrons. The van der Waals surface area contributed by atoms with Gasteiger partial charge in [-0.15, -0.1) is 4.21 Å². The van der Waals surface area contributed by atoms with Gasteiger partial charge in [-0.3, -0.25) is 0 Å². The fraction of sp³-hybridized carbons (Fsp3) is 0.231. The Morgan fingerprint density at radius 3 is 2.07 bits per heavy atom. The van der Waals surface area contributed by atoms with Gasteiger partial charge in [0, 0.05) is 11.1 Å². The van der Waals surface area contributed by atoms with E-state index in [4.69, 9.17) is 8.22 Å². The van der Waals surface area contributed by atoms with Crippen molar-refractivity contribution in [3.05, 3.63) is 59.8 Å². The Bertz CT molecular complexity index is 580. The molecule has 0 heterocycles. The second-order valence-electron chi connectivity index (χ2n) is 3.42. The van der Waals surface area contributed by atoms with Crippen LogP contribution in [-0.2, 0) is 14.1 Å². The number of fused-ring (bicyclic) bond motifs is 2. The molecule has 0 saturated heterocycles. The molecule has 0 aliphatic heterocycles. The first-order chi connectivity index (χ1) is 9.59. The van der Waals surface area contributed by atoms with Gasteiger partial charge in [-0.05, 0) is 0 Å². The fourth-order valence-corrected chi connectivity index (χ4v) is 2.78. The molecular weight excluding hydrogens is 204 g/mol. The summed E-state index contributed by atoms with van der Waals surface area (Å²) in [6, 6.07) is 0. The Labute approximate surface area is 100 Å². The lowest BCUT2D eigenvalue weighted by Crippen LogP contribution is -2.27. The second-order valence-corrected chi connectivity index (χ2v) is 5.09. The lowest BCUT2D eigenvalue weighted by molar-refractivity contribution is 0.589. The van der Waals surface area contributed by atoms with Crippen LogP contribution in [0.15, 0.2) is 59.8 Å². The molecule has 2 heteroatoms. The highest BCUT2D eigenvalue weighted by atomic mass is 32.2. The Hall–Kier alpha value is -1.15. The molecule has 0 unspecified atom stereocenters. The van der Waals surface area contributed by atoms with Gasteiger partial charge >= 0.3 is 0 Å². The van der Waals surface area contributed by atoms with Crippen molar-refractivity contribution < 1.29 is 12.4 Å². The summed E-state index contributed by atoms with van der Waals surface area (Å²) in [5.74, 6) is 0. The molecule has 0 N–H and O–H groups in total. The summed E-state index contributed by atoms with van der Waals surface area (Å²) in [6.07, 6.45) is 6.97. The van der Waals surface area contributed by atoms with Crippen molar-refractivity contribution in [1.29, 1.82) is 0 Å². The second kappa shape index (κ2) is 3.78. The summed E-state index contributed by atoms with van der Waals surface area (Å²) < 4.78 is 58.6. The van der Waals surface area contributed by atoms with E-state index in [1.54, 1.807) is 48.6 Å². The molecule has 2 aliphatic rings. The third-order valence-electron chi connectivity index (χ3n) is 2.31. The van der Waals surface area contributed by atoms with Crippen LogP contribution in [-0.4, -0.2) is 17.6 Å². The molecule has 2 bridgehead atoms. The van der Waals surface area contributed by atoms with Gasteiger partial charge in [0.05, 0.1) is 18.2 Å². The minimum Gasteiger partial charge on any atom is -0.105 e. The third kappa shape index (κ3) is 2.10. The Kier molecular flexibility index (Phi) is 1.33. The normalized spacial score (nSPS) is 28.3. The average molecular weight is 225 g/mol. The maximum Gasteiger partial charge on any atom is 0.171 e. The van der Waals surface area contributed by atoms with E-state index in [2.05, 4.69) is 0 Å². The highest BCUT2D eigenvalue weighted by molar-refractivity contribution is 8.02. The lowest BCUT2D eigenvalue weighted by atomic mass is 10.1. The van der Waals surface area contributed by atoms with Gasteiger partial charge in [-0.1, -0.05) is 48.6 Å². The summed E-state index contributed by atoms with van der Waals surface area (Å²) in [5, 5.41) is -1.18. The zero-order valence-electron chi connectivity index (χ0n) is 14.0. The molecule has 2 aliphatic carbocycles. The molecule has 0 spiro atoms. The topological polar surface area (TPSA) is 17.1 Å². The van der Waals surface area contributed by atoms with Gasteiger partial charge in [0.25, 0.3) is 0 Å². The number of hydrogen-bond acceptors (Lipinski definition) is 1. The molecule has 1 nitrogen and oxygen atoms in total. The van der Waals surface area contributed by atoms with E-state index in [9.17, 15) is 4.21 Å². The van der Waals surface area contributed by atoms with Crippen molar-refractivity contribution in [1.82, 2.24) is 0 Å². The van der Waals surface area contributed by atoms with E-state index >= 15 is 0 Å². The zero-order chi connectivity index (χ0) is 15.9. The summed E-state index contributed by atoms with van der Waals surface area (Å²) in [4.78, 5) is 0. The van der Waals surface area contributed by atoms with Crippen LogP contribution >= 0.6 is 0 Å². The minimum absolute atomic E-state index is 0.428. The monoisotopic (exact) mass is 225 g/mol. The first-order valence-electron chi connectivity index (χ1n) is 7.54. The molecule has 0 aromatic carbocycles. The fourth-order valence-electron chi connectivity index (χ4n) is 1.70. The molecule has 0 amide bonds. The molecule has 0 aromatic rings. The maximum absolute atomic E-state index is 13.2. The first-order valence-corrected chi connectivity index (χ1v) is 6.16. The van der Waals surface area contributed by atoms with Gasteiger partial charge < -0.3 is 0 Å². The molecule has 78 valence electrons. The third-order valence-corrected chi connectivity index (χ3v) is 3.52. The van der Waals surface area contributed by atoms with Gasteiger partial charge in [-0.25, -0.2) is 0 Å². The Morgan fingerprint density at radius 1 is 1.07 bits per heavy atom. The lowest BCUT2D eigenvalue weighted by Gasteiger charge is -2.16. The van der Waals surface area contributed by atoms with Crippen LogP contribution in [0.25, 0.3) is 0 Å². The van der Waals surface area contributed by atoms with Gasteiger partial charge in [-0.2, -0.15) is 0 Å². The van der Waals surface area contributed by atoms with Crippen molar-refractivity contribution in [2.45, 2.75) is 5.25 Å². The predicted molar refractivity (Wildman–Crippen MR) is 67.3 cm³/mol. The van der Waals surface area contributed by atoms with E-state index in [1.807, 2.05) is 0 Å². The summed E-state index contributed by atoms with van der Waals surface area (Å²) in [7, 11) is -4.21. The van der Waals surface area contributed by atoms with Crippen LogP contribution in [0.5, 0.6) is 0 Å². The van der Waals surface area contributed by atoms with Gasteiger partial charge in [0.1, 0.15) is 12.4 Å². The van der Waals surface area contributed by atoms with E-state index in [0.717, 1.165) is 0 Å². The number of rotatable bonds is 1. The SMILES string of the molecule is [2H]C([2H])([2H])[S+](=O)(C1C2=CC=CC=C1C=CC=C2)C([2H])([2H])[2H]. The predicted octanol–water partition coefficient (Wildman–Crippen LogP) is 2.66. The minimum atomic E-state index is -4.21. The quantitative estimate of drug-likeness (QED) is 0.627. The summed E-state index contributed by atoms with van der Waals surface area (Å²) in [6.45, 7) is 0. The molecule has 2 rings (SSSR count). The average Bonchev–Trinajstić information content (AvgIpc) is 2.66. The van der Waals surface area contributed by atoms with Crippen molar-refractivity contribution in [2.24, 2.45) is 0 Å². The van der Waals surface area contributed by atoms with Crippen LogP contribution in [0, 0.1) is 0 Å². The van der Waals surface area contributed by atoms with Crippen molar-refractivity contribution in [3.63, 3.8) is 0 Å². The zero-order valence-corrected chi connectivity index (χ0v) is 8.83. The van der Waals surface area contributed by atoms with Crippen LogP contribution in [0.3, 0.4) is 0 Å². The molecule has 0 saturated carbocycles. The van der Waals surface area contributed by atoms with E-state index in [-0.39, 0.29) is 0 Å². The highest BCUT2D eigenvalue weighted by Crippen LogP contribution is 2.29. The maximum atomic E-state index is 13.2.